The predicted molar refractivity (Wildman–Crippen MR) is 58.7 cm³/mol. The first-order valence-corrected chi connectivity index (χ1v) is 5.60. The van der Waals surface area contributed by atoms with E-state index in [1.54, 1.807) is 11.0 Å². The number of piperazine rings is 1. The Labute approximate surface area is 94.6 Å². The molecule has 0 aliphatic carbocycles. The summed E-state index contributed by atoms with van der Waals surface area (Å²) in [7, 11) is 0. The second-order valence-electron chi connectivity index (χ2n) is 4.05. The van der Waals surface area contributed by atoms with Crippen molar-refractivity contribution < 1.29 is 4.79 Å². The molecule has 88 valence electrons. The van der Waals surface area contributed by atoms with Crippen molar-refractivity contribution >= 4 is 5.91 Å². The molecule has 1 aliphatic rings. The number of hydrogen-bond acceptors (Lipinski definition) is 4. The third kappa shape index (κ3) is 2.57. The minimum atomic E-state index is 0.199. The quantitative estimate of drug-likeness (QED) is 0.749. The van der Waals surface area contributed by atoms with Gasteiger partial charge >= 0.3 is 0 Å². The van der Waals surface area contributed by atoms with E-state index in [0.717, 1.165) is 19.6 Å². The lowest BCUT2D eigenvalue weighted by Gasteiger charge is -2.34. The maximum absolute atomic E-state index is 11.9. The Morgan fingerprint density at radius 3 is 3.19 bits per heavy atom. The van der Waals surface area contributed by atoms with Crippen LogP contribution in [0.15, 0.2) is 12.7 Å². The van der Waals surface area contributed by atoms with Crippen LogP contribution in [0.4, 0.5) is 0 Å². The molecule has 1 aromatic heterocycles. The van der Waals surface area contributed by atoms with Crippen LogP contribution >= 0.6 is 0 Å². The molecule has 6 nitrogen and oxygen atoms in total. The number of carbonyl (C=O) groups is 1. The second kappa shape index (κ2) is 5.07. The van der Waals surface area contributed by atoms with E-state index in [9.17, 15) is 4.79 Å². The highest BCUT2D eigenvalue weighted by Gasteiger charge is 2.22. The van der Waals surface area contributed by atoms with Crippen molar-refractivity contribution in [2.45, 2.75) is 25.9 Å². The summed E-state index contributed by atoms with van der Waals surface area (Å²) in [5, 5.41) is 7.24. The van der Waals surface area contributed by atoms with Crippen LogP contribution in [0, 0.1) is 0 Å². The SMILES string of the molecule is C[C@H]1CNCCN1C(=O)CCn1cncn1. The molecule has 2 rings (SSSR count). The number of hydrogen-bond donors (Lipinski definition) is 1. The van der Waals surface area contributed by atoms with E-state index in [-0.39, 0.29) is 11.9 Å². The Bertz CT molecular complexity index is 337. The molecule has 0 spiro atoms. The fraction of sp³-hybridized carbons (Fsp3) is 0.700. The predicted octanol–water partition coefficient (Wildman–Crippen LogP) is -0.511. The second-order valence-corrected chi connectivity index (χ2v) is 4.05. The zero-order chi connectivity index (χ0) is 11.4. The summed E-state index contributed by atoms with van der Waals surface area (Å²) in [5.74, 6) is 0.199. The third-order valence-electron chi connectivity index (χ3n) is 2.84. The van der Waals surface area contributed by atoms with E-state index in [4.69, 9.17) is 0 Å². The van der Waals surface area contributed by atoms with E-state index >= 15 is 0 Å². The molecule has 1 aromatic rings. The molecule has 0 saturated carbocycles. The van der Waals surface area contributed by atoms with Crippen LogP contribution in [0.2, 0.25) is 0 Å². The topological polar surface area (TPSA) is 63.1 Å². The molecule has 16 heavy (non-hydrogen) atoms. The Kier molecular flexibility index (Phi) is 3.51. The lowest BCUT2D eigenvalue weighted by Crippen LogP contribution is -2.52. The molecular formula is C10H17N5O. The smallest absolute Gasteiger partial charge is 0.224 e. The van der Waals surface area contributed by atoms with E-state index in [2.05, 4.69) is 22.3 Å². The Morgan fingerprint density at radius 1 is 1.62 bits per heavy atom. The lowest BCUT2D eigenvalue weighted by molar-refractivity contribution is -0.134. The third-order valence-corrected chi connectivity index (χ3v) is 2.84. The molecule has 1 amide bonds. The number of amides is 1. The van der Waals surface area contributed by atoms with Crippen LogP contribution in [0.5, 0.6) is 0 Å². The Balaban J connectivity index is 1.83. The maximum atomic E-state index is 11.9. The van der Waals surface area contributed by atoms with Gasteiger partial charge in [0.05, 0.1) is 6.54 Å². The molecule has 2 heterocycles. The monoisotopic (exact) mass is 223 g/mol. The van der Waals surface area contributed by atoms with Crippen molar-refractivity contribution in [3.05, 3.63) is 12.7 Å². The summed E-state index contributed by atoms with van der Waals surface area (Å²) in [4.78, 5) is 17.7. The van der Waals surface area contributed by atoms with Gasteiger partial charge in [0.1, 0.15) is 12.7 Å². The highest BCUT2D eigenvalue weighted by molar-refractivity contribution is 5.76. The molecule has 1 atom stereocenters. The van der Waals surface area contributed by atoms with E-state index in [1.165, 1.54) is 6.33 Å². The van der Waals surface area contributed by atoms with Crippen molar-refractivity contribution in [2.24, 2.45) is 0 Å². The Morgan fingerprint density at radius 2 is 2.50 bits per heavy atom. The van der Waals surface area contributed by atoms with Gasteiger partial charge in [-0.1, -0.05) is 0 Å². The summed E-state index contributed by atoms with van der Waals surface area (Å²) in [6.07, 6.45) is 3.61. The zero-order valence-corrected chi connectivity index (χ0v) is 9.46. The van der Waals surface area contributed by atoms with Crippen molar-refractivity contribution in [1.82, 2.24) is 25.0 Å². The summed E-state index contributed by atoms with van der Waals surface area (Å²) in [5.41, 5.74) is 0. The first-order chi connectivity index (χ1) is 7.77. The van der Waals surface area contributed by atoms with Gasteiger partial charge in [0.25, 0.3) is 0 Å². The number of nitrogens with zero attached hydrogens (tertiary/aromatic N) is 4. The van der Waals surface area contributed by atoms with Crippen molar-refractivity contribution in [3.63, 3.8) is 0 Å². The molecule has 1 saturated heterocycles. The van der Waals surface area contributed by atoms with Gasteiger partial charge in [-0.3, -0.25) is 9.48 Å². The van der Waals surface area contributed by atoms with E-state index in [0.29, 0.717) is 13.0 Å². The van der Waals surface area contributed by atoms with Gasteiger partial charge in [-0.2, -0.15) is 5.10 Å². The molecule has 1 fully saturated rings. The lowest BCUT2D eigenvalue weighted by atomic mass is 10.2. The van der Waals surface area contributed by atoms with Gasteiger partial charge in [-0.15, -0.1) is 0 Å². The summed E-state index contributed by atoms with van der Waals surface area (Å²) < 4.78 is 1.69. The van der Waals surface area contributed by atoms with Crippen LogP contribution in [0.1, 0.15) is 13.3 Å². The molecule has 6 heteroatoms. The van der Waals surface area contributed by atoms with Crippen LogP contribution in [-0.4, -0.2) is 51.2 Å². The number of rotatable bonds is 3. The van der Waals surface area contributed by atoms with Crippen molar-refractivity contribution in [1.29, 1.82) is 0 Å². The highest BCUT2D eigenvalue weighted by Crippen LogP contribution is 2.05. The largest absolute Gasteiger partial charge is 0.337 e. The minimum absolute atomic E-state index is 0.199. The van der Waals surface area contributed by atoms with Crippen LogP contribution in [0.3, 0.4) is 0 Å². The van der Waals surface area contributed by atoms with Gasteiger partial charge in [0.15, 0.2) is 0 Å². The Hall–Kier alpha value is -1.43. The highest BCUT2D eigenvalue weighted by atomic mass is 16.2. The zero-order valence-electron chi connectivity index (χ0n) is 9.46. The number of nitrogens with one attached hydrogen (secondary N) is 1. The van der Waals surface area contributed by atoms with Gasteiger partial charge in [0, 0.05) is 32.1 Å². The van der Waals surface area contributed by atoms with Gasteiger partial charge < -0.3 is 10.2 Å². The molecule has 0 aromatic carbocycles. The average molecular weight is 223 g/mol. The van der Waals surface area contributed by atoms with Gasteiger partial charge in [0.2, 0.25) is 5.91 Å². The number of aryl methyl sites for hydroxylation is 1. The van der Waals surface area contributed by atoms with Crippen LogP contribution in [0.25, 0.3) is 0 Å². The van der Waals surface area contributed by atoms with Gasteiger partial charge in [-0.05, 0) is 6.92 Å². The summed E-state index contributed by atoms with van der Waals surface area (Å²) in [6, 6.07) is 0.289. The average Bonchev–Trinajstić information content (AvgIpc) is 2.79. The fourth-order valence-electron chi connectivity index (χ4n) is 1.91. The van der Waals surface area contributed by atoms with Crippen molar-refractivity contribution in [2.75, 3.05) is 19.6 Å². The first-order valence-electron chi connectivity index (χ1n) is 5.60. The molecule has 1 aliphatic heterocycles. The van der Waals surface area contributed by atoms with Crippen LogP contribution < -0.4 is 5.32 Å². The van der Waals surface area contributed by atoms with Crippen molar-refractivity contribution in [3.8, 4) is 0 Å². The summed E-state index contributed by atoms with van der Waals surface area (Å²) in [6.45, 7) is 5.25. The number of carbonyl (C=O) groups excluding carboxylic acids is 1. The molecular weight excluding hydrogens is 206 g/mol. The standard InChI is InChI=1S/C10H17N5O/c1-9-6-11-3-5-15(9)10(16)2-4-14-8-12-7-13-14/h7-9,11H,2-6H2,1H3/t9-/m0/s1. The number of aromatic nitrogens is 3. The van der Waals surface area contributed by atoms with Gasteiger partial charge in [-0.25, -0.2) is 4.98 Å². The molecule has 0 radical (unpaired) electrons. The van der Waals surface area contributed by atoms with E-state index < -0.39 is 0 Å². The molecule has 0 unspecified atom stereocenters. The fourth-order valence-corrected chi connectivity index (χ4v) is 1.91. The van der Waals surface area contributed by atoms with E-state index in [1.807, 2.05) is 4.90 Å². The minimum Gasteiger partial charge on any atom is -0.337 e. The van der Waals surface area contributed by atoms with Crippen LogP contribution in [-0.2, 0) is 11.3 Å². The molecule has 1 N–H and O–H groups in total. The maximum Gasteiger partial charge on any atom is 0.224 e. The summed E-state index contributed by atoms with van der Waals surface area (Å²) >= 11 is 0. The normalized spacial score (nSPS) is 21.1. The first kappa shape index (κ1) is 11.1. The molecule has 0 bridgehead atoms.